The normalized spacial score (nSPS) is 28.8. The largest absolute Gasteiger partial charge is 0.392 e. The molecule has 0 aromatic heterocycles. The summed E-state index contributed by atoms with van der Waals surface area (Å²) in [5, 5.41) is 13.0. The van der Waals surface area contributed by atoms with Crippen LogP contribution in [0.5, 0.6) is 0 Å². The highest BCUT2D eigenvalue weighted by Gasteiger charge is 2.41. The van der Waals surface area contributed by atoms with Gasteiger partial charge in [-0.3, -0.25) is 9.69 Å². The lowest BCUT2D eigenvalue weighted by atomic mass is 9.77. The Bertz CT molecular complexity index is 831. The Labute approximate surface area is 202 Å². The van der Waals surface area contributed by atoms with E-state index in [0.29, 0.717) is 55.0 Å². The van der Waals surface area contributed by atoms with E-state index in [0.717, 1.165) is 37.1 Å². The zero-order valence-corrected chi connectivity index (χ0v) is 21.0. The van der Waals surface area contributed by atoms with Crippen molar-refractivity contribution in [3.63, 3.8) is 0 Å². The molecular weight excluding hydrogens is 436 g/mol. The van der Waals surface area contributed by atoms with Gasteiger partial charge in [0.15, 0.2) is 0 Å². The summed E-state index contributed by atoms with van der Waals surface area (Å²) in [6.45, 7) is 6.53. The standard InChI is InChI=1S/C24H38N6O2S/c1-16-11-18-12-19(15-29(4)21(18)7-10-33-22(26)20(16)13-25)23(31)30(14-17-5-6-17)24(32)27-8-9-28(2)3/h17-19,21H,1,5-12,14-15,26H2,2-4H3,(H,27,32)/b22-20-/t18-,19+,21+/m0/s1. The van der Waals surface area contributed by atoms with Crippen LogP contribution in [0.4, 0.5) is 4.79 Å². The van der Waals surface area contributed by atoms with E-state index in [9.17, 15) is 14.9 Å². The van der Waals surface area contributed by atoms with Crippen LogP contribution in [-0.2, 0) is 4.79 Å². The number of imide groups is 1. The van der Waals surface area contributed by atoms with Crippen molar-refractivity contribution >= 4 is 23.7 Å². The number of carbonyl (C=O) groups excluding carboxylic acids is 2. The molecular formula is C24H38N6O2S. The Hall–Kier alpha value is -2.02. The number of urea groups is 1. The maximum absolute atomic E-state index is 13.6. The number of nitrogens with one attached hydrogen (secondary N) is 1. The van der Waals surface area contributed by atoms with Crippen LogP contribution in [0.25, 0.3) is 0 Å². The summed E-state index contributed by atoms with van der Waals surface area (Å²) in [5.41, 5.74) is 7.37. The third-order valence-electron chi connectivity index (χ3n) is 6.93. The molecule has 1 aliphatic carbocycles. The Balaban J connectivity index is 1.73. The summed E-state index contributed by atoms with van der Waals surface area (Å²) in [7, 11) is 5.97. The molecule has 2 fully saturated rings. The van der Waals surface area contributed by atoms with Crippen LogP contribution in [-0.4, -0.2) is 85.8 Å². The fourth-order valence-electron chi connectivity index (χ4n) is 4.92. The van der Waals surface area contributed by atoms with Gasteiger partial charge in [0.05, 0.1) is 16.5 Å². The smallest absolute Gasteiger partial charge is 0.324 e. The van der Waals surface area contributed by atoms with E-state index in [1.165, 1.54) is 16.7 Å². The van der Waals surface area contributed by atoms with Crippen LogP contribution in [0.1, 0.15) is 32.1 Å². The third-order valence-corrected chi connectivity index (χ3v) is 7.89. The molecule has 0 bridgehead atoms. The predicted octanol–water partition coefficient (Wildman–Crippen LogP) is 2.21. The molecule has 3 aliphatic rings. The molecule has 2 aliphatic heterocycles. The van der Waals surface area contributed by atoms with Crippen molar-refractivity contribution in [2.24, 2.45) is 23.5 Å². The van der Waals surface area contributed by atoms with E-state index in [1.54, 1.807) is 0 Å². The fraction of sp³-hybridized carbons (Fsp3) is 0.708. The molecule has 182 valence electrons. The average molecular weight is 475 g/mol. The first-order valence-electron chi connectivity index (χ1n) is 11.9. The maximum atomic E-state index is 13.6. The summed E-state index contributed by atoms with van der Waals surface area (Å²) in [6, 6.07) is 2.24. The molecule has 2 heterocycles. The number of nitrogens with two attached hydrogens (primary N) is 1. The average Bonchev–Trinajstić information content (AvgIpc) is 3.56. The number of likely N-dealkylation sites (N-methyl/N-ethyl adjacent to an activating group) is 1. The molecule has 3 atom stereocenters. The molecule has 9 heteroatoms. The summed E-state index contributed by atoms with van der Waals surface area (Å²) in [6.07, 6.45) is 4.43. The molecule has 0 unspecified atom stereocenters. The first-order valence-corrected chi connectivity index (χ1v) is 12.8. The second-order valence-electron chi connectivity index (χ2n) is 9.92. The molecule has 0 radical (unpaired) electrons. The van der Waals surface area contributed by atoms with Gasteiger partial charge < -0.3 is 20.9 Å². The minimum atomic E-state index is -0.281. The number of fused-ring (bicyclic) bond motifs is 1. The van der Waals surface area contributed by atoms with Gasteiger partial charge in [0.2, 0.25) is 5.91 Å². The lowest BCUT2D eigenvalue weighted by molar-refractivity contribution is -0.136. The summed E-state index contributed by atoms with van der Waals surface area (Å²) < 4.78 is 0. The van der Waals surface area contributed by atoms with Crippen LogP contribution in [0.15, 0.2) is 22.8 Å². The molecule has 0 spiro atoms. The van der Waals surface area contributed by atoms with Crippen LogP contribution in [0.2, 0.25) is 0 Å². The van der Waals surface area contributed by atoms with Crippen molar-refractivity contribution in [2.75, 3.05) is 53.1 Å². The van der Waals surface area contributed by atoms with Crippen molar-refractivity contribution in [1.82, 2.24) is 20.0 Å². The van der Waals surface area contributed by atoms with Gasteiger partial charge in [0.1, 0.15) is 6.07 Å². The first kappa shape index (κ1) is 25.6. The lowest BCUT2D eigenvalue weighted by Crippen LogP contribution is -2.54. The van der Waals surface area contributed by atoms with Crippen molar-refractivity contribution in [3.8, 4) is 6.07 Å². The molecule has 3 amide bonds. The third kappa shape index (κ3) is 6.75. The molecule has 3 N–H and O–H groups in total. The predicted molar refractivity (Wildman–Crippen MR) is 132 cm³/mol. The Morgan fingerprint density at radius 1 is 1.33 bits per heavy atom. The van der Waals surface area contributed by atoms with Gasteiger partial charge >= 0.3 is 6.03 Å². The monoisotopic (exact) mass is 474 g/mol. The van der Waals surface area contributed by atoms with Gasteiger partial charge in [-0.1, -0.05) is 6.58 Å². The molecule has 1 saturated carbocycles. The zero-order chi connectivity index (χ0) is 24.1. The quantitative estimate of drug-likeness (QED) is 0.608. The zero-order valence-electron chi connectivity index (χ0n) is 20.2. The molecule has 0 aromatic carbocycles. The van der Waals surface area contributed by atoms with Crippen LogP contribution >= 0.6 is 11.8 Å². The van der Waals surface area contributed by atoms with Gasteiger partial charge in [-0.05, 0) is 70.7 Å². The number of amides is 3. The molecule has 8 nitrogen and oxygen atoms in total. The van der Waals surface area contributed by atoms with Gasteiger partial charge in [0, 0.05) is 38.0 Å². The maximum Gasteiger partial charge on any atom is 0.324 e. The number of nitriles is 1. The topological polar surface area (TPSA) is 106 Å². The summed E-state index contributed by atoms with van der Waals surface area (Å²) in [5.74, 6) is 1.12. The number of allylic oxidation sites excluding steroid dienone is 2. The highest BCUT2D eigenvalue weighted by atomic mass is 32.2. The van der Waals surface area contributed by atoms with E-state index in [2.05, 4.69) is 29.9 Å². The molecule has 0 aromatic rings. The van der Waals surface area contributed by atoms with Crippen LogP contribution in [0.3, 0.4) is 0 Å². The highest BCUT2D eigenvalue weighted by Crippen LogP contribution is 2.38. The van der Waals surface area contributed by atoms with Crippen LogP contribution < -0.4 is 11.1 Å². The number of carbonyl (C=O) groups is 2. The van der Waals surface area contributed by atoms with Crippen molar-refractivity contribution < 1.29 is 9.59 Å². The second kappa shape index (κ2) is 11.4. The van der Waals surface area contributed by atoms with E-state index in [-0.39, 0.29) is 23.8 Å². The summed E-state index contributed by atoms with van der Waals surface area (Å²) >= 11 is 1.51. The van der Waals surface area contributed by atoms with Gasteiger partial charge in [-0.25, -0.2) is 4.79 Å². The minimum absolute atomic E-state index is 0.0787. The minimum Gasteiger partial charge on any atom is -0.392 e. The lowest BCUT2D eigenvalue weighted by Gasteiger charge is -2.43. The van der Waals surface area contributed by atoms with Gasteiger partial charge in [-0.15, -0.1) is 11.8 Å². The molecule has 3 rings (SSSR count). The first-order chi connectivity index (χ1) is 15.7. The number of nitrogens with zero attached hydrogens (tertiary/aromatic N) is 4. The number of thioether (sulfide) groups is 1. The van der Waals surface area contributed by atoms with Crippen molar-refractivity contribution in [3.05, 3.63) is 22.8 Å². The number of piperidine rings is 1. The number of rotatable bonds is 6. The van der Waals surface area contributed by atoms with Crippen molar-refractivity contribution in [1.29, 1.82) is 5.26 Å². The van der Waals surface area contributed by atoms with E-state index < -0.39 is 0 Å². The highest BCUT2D eigenvalue weighted by molar-refractivity contribution is 8.03. The number of hydrogen-bond acceptors (Lipinski definition) is 7. The fourth-order valence-corrected chi connectivity index (χ4v) is 5.83. The van der Waals surface area contributed by atoms with Gasteiger partial charge in [-0.2, -0.15) is 5.26 Å². The van der Waals surface area contributed by atoms with E-state index in [1.807, 2.05) is 19.0 Å². The molecule has 33 heavy (non-hydrogen) atoms. The second-order valence-corrected chi connectivity index (χ2v) is 11.1. The van der Waals surface area contributed by atoms with Gasteiger partial charge in [0.25, 0.3) is 0 Å². The summed E-state index contributed by atoms with van der Waals surface area (Å²) in [4.78, 5) is 32.3. The Kier molecular flexibility index (Phi) is 8.85. The van der Waals surface area contributed by atoms with E-state index >= 15 is 0 Å². The van der Waals surface area contributed by atoms with Crippen molar-refractivity contribution in [2.45, 2.75) is 38.1 Å². The Morgan fingerprint density at radius 3 is 2.70 bits per heavy atom. The Morgan fingerprint density at radius 2 is 2.06 bits per heavy atom. The van der Waals surface area contributed by atoms with Crippen LogP contribution in [0, 0.1) is 29.1 Å². The SMILES string of the molecule is C=C1C[C@H]2C[C@@H](C(=O)N(CC3CC3)C(=O)NCCN(C)C)CN(C)[C@@H]2CCS/C(N)=C\1C#N. The van der Waals surface area contributed by atoms with E-state index in [4.69, 9.17) is 5.73 Å². The number of likely N-dealkylation sites (tertiary alicyclic amines) is 1. The number of hydrogen-bond donors (Lipinski definition) is 2. The molecule has 1 saturated heterocycles.